The molecule has 1 heterocycles. The van der Waals surface area contributed by atoms with Crippen LogP contribution in [-0.4, -0.2) is 31.9 Å². The van der Waals surface area contributed by atoms with E-state index in [1.54, 1.807) is 22.9 Å². The maximum Gasteiger partial charge on any atom is 0.234 e. The van der Waals surface area contributed by atoms with Crippen molar-refractivity contribution in [3.05, 3.63) is 28.8 Å². The van der Waals surface area contributed by atoms with E-state index in [0.29, 0.717) is 21.4 Å². The van der Waals surface area contributed by atoms with Crippen LogP contribution in [-0.2, 0) is 4.79 Å². The first-order chi connectivity index (χ1) is 10.5. The largest absolute Gasteiger partial charge is 0.324 e. The summed E-state index contributed by atoms with van der Waals surface area (Å²) in [4.78, 5) is 12.0. The predicted octanol–water partition coefficient (Wildman–Crippen LogP) is 2.51. The van der Waals surface area contributed by atoms with E-state index in [0.717, 1.165) is 0 Å². The fourth-order valence-electron chi connectivity index (χ4n) is 1.64. The fourth-order valence-corrected chi connectivity index (χ4v) is 2.62. The van der Waals surface area contributed by atoms with Gasteiger partial charge in [0.25, 0.3) is 0 Å². The Morgan fingerprint density at radius 1 is 1.55 bits per heavy atom. The van der Waals surface area contributed by atoms with Gasteiger partial charge in [-0.1, -0.05) is 23.4 Å². The van der Waals surface area contributed by atoms with Gasteiger partial charge in [0.05, 0.1) is 23.0 Å². The van der Waals surface area contributed by atoms with Crippen molar-refractivity contribution in [3.8, 4) is 6.07 Å². The highest BCUT2D eigenvalue weighted by atomic mass is 35.5. The lowest BCUT2D eigenvalue weighted by molar-refractivity contribution is -0.113. The summed E-state index contributed by atoms with van der Waals surface area (Å²) in [5.41, 5.74) is 0.749. The Bertz CT molecular complexity index is 724. The van der Waals surface area contributed by atoms with Gasteiger partial charge in [0.15, 0.2) is 0 Å². The smallest absolute Gasteiger partial charge is 0.234 e. The Morgan fingerprint density at radius 3 is 3.00 bits per heavy atom. The number of benzene rings is 1. The van der Waals surface area contributed by atoms with Crippen LogP contribution >= 0.6 is 23.4 Å². The first-order valence-electron chi connectivity index (χ1n) is 6.41. The number of carbonyl (C=O) groups excluding carboxylic acids is 1. The van der Waals surface area contributed by atoms with Gasteiger partial charge in [-0.2, -0.15) is 5.26 Å². The molecule has 0 radical (unpaired) electrons. The summed E-state index contributed by atoms with van der Waals surface area (Å²) >= 11 is 7.10. The third-order valence-corrected chi connectivity index (χ3v) is 3.83. The molecule has 0 unspecified atom stereocenters. The number of nitrogens with one attached hydrogen (secondary N) is 1. The molecule has 2 aromatic rings. The summed E-state index contributed by atoms with van der Waals surface area (Å²) in [6, 6.07) is 6.82. The summed E-state index contributed by atoms with van der Waals surface area (Å²) in [6.07, 6.45) is 0. The zero-order valence-electron chi connectivity index (χ0n) is 11.9. The van der Waals surface area contributed by atoms with Crippen LogP contribution in [0.1, 0.15) is 25.5 Å². The van der Waals surface area contributed by atoms with Crippen molar-refractivity contribution in [2.24, 2.45) is 0 Å². The lowest BCUT2D eigenvalue weighted by Crippen LogP contribution is -2.16. The van der Waals surface area contributed by atoms with Crippen LogP contribution in [0.5, 0.6) is 0 Å². The fraction of sp³-hybridized carbons (Fsp3) is 0.308. The van der Waals surface area contributed by atoms with Crippen LogP contribution in [0, 0.1) is 11.3 Å². The molecule has 22 heavy (non-hydrogen) atoms. The van der Waals surface area contributed by atoms with Gasteiger partial charge in [0.2, 0.25) is 11.1 Å². The minimum atomic E-state index is -0.262. The Labute approximate surface area is 136 Å². The highest BCUT2D eigenvalue weighted by Crippen LogP contribution is 2.22. The minimum absolute atomic E-state index is 0.110. The highest BCUT2D eigenvalue weighted by Gasteiger charge is 2.13. The molecular weight excluding hydrogens is 324 g/mol. The number of hydrogen-bond donors (Lipinski definition) is 1. The van der Waals surface area contributed by atoms with E-state index in [2.05, 4.69) is 20.8 Å². The molecule has 0 bridgehead atoms. The third-order valence-electron chi connectivity index (χ3n) is 2.66. The van der Waals surface area contributed by atoms with Crippen molar-refractivity contribution in [1.29, 1.82) is 5.26 Å². The van der Waals surface area contributed by atoms with E-state index in [1.165, 1.54) is 11.8 Å². The molecule has 0 aliphatic heterocycles. The topological polar surface area (TPSA) is 96.5 Å². The molecule has 0 spiro atoms. The molecule has 0 aliphatic carbocycles. The molecule has 0 saturated carbocycles. The maximum absolute atomic E-state index is 12.0. The molecule has 1 N–H and O–H groups in total. The standard InChI is InChI=1S/C13H13ClN6OS/c1-8(2)20-13(17-18-19-20)22-7-12(21)16-11-5-10(14)4-3-9(11)6-15/h3-5,8H,7H2,1-2H3,(H,16,21). The number of rotatable bonds is 5. The van der Waals surface area contributed by atoms with Gasteiger partial charge in [-0.25, -0.2) is 4.68 Å². The predicted molar refractivity (Wildman–Crippen MR) is 83.7 cm³/mol. The summed E-state index contributed by atoms with van der Waals surface area (Å²) in [5.74, 6) is -0.133. The normalized spacial score (nSPS) is 10.5. The average molecular weight is 337 g/mol. The summed E-state index contributed by atoms with van der Waals surface area (Å²) in [6.45, 7) is 3.90. The maximum atomic E-state index is 12.0. The van der Waals surface area contributed by atoms with Gasteiger partial charge in [-0.05, 0) is 42.5 Å². The van der Waals surface area contributed by atoms with E-state index in [1.807, 2.05) is 19.9 Å². The van der Waals surface area contributed by atoms with Gasteiger partial charge < -0.3 is 5.32 Å². The van der Waals surface area contributed by atoms with Gasteiger partial charge in [0, 0.05) is 5.02 Å². The molecule has 2 rings (SSSR count). The number of carbonyl (C=O) groups is 1. The Kier molecular flexibility index (Phi) is 5.35. The van der Waals surface area contributed by atoms with E-state index >= 15 is 0 Å². The van der Waals surface area contributed by atoms with E-state index in [-0.39, 0.29) is 17.7 Å². The molecular formula is C13H13ClN6OS. The van der Waals surface area contributed by atoms with Crippen molar-refractivity contribution < 1.29 is 4.79 Å². The quantitative estimate of drug-likeness (QED) is 0.843. The van der Waals surface area contributed by atoms with Crippen LogP contribution in [0.25, 0.3) is 0 Å². The van der Waals surface area contributed by atoms with Crippen molar-refractivity contribution >= 4 is 35.0 Å². The second kappa shape index (κ2) is 7.24. The summed E-state index contributed by atoms with van der Waals surface area (Å²) in [5, 5.41) is 24.0. The molecule has 1 aromatic carbocycles. The van der Waals surface area contributed by atoms with Gasteiger partial charge in [-0.15, -0.1) is 5.10 Å². The number of nitrogens with zero attached hydrogens (tertiary/aromatic N) is 5. The minimum Gasteiger partial charge on any atom is -0.324 e. The Hall–Kier alpha value is -2.11. The SMILES string of the molecule is CC(C)n1nnnc1SCC(=O)Nc1cc(Cl)ccc1C#N. The zero-order valence-corrected chi connectivity index (χ0v) is 13.5. The molecule has 0 atom stereocenters. The number of nitriles is 1. The Balaban J connectivity index is 2.01. The van der Waals surface area contributed by atoms with Crippen LogP contribution in [0.3, 0.4) is 0 Å². The molecule has 0 saturated heterocycles. The van der Waals surface area contributed by atoms with Crippen LogP contribution < -0.4 is 5.32 Å². The molecule has 0 fully saturated rings. The van der Waals surface area contributed by atoms with E-state index in [9.17, 15) is 4.79 Å². The van der Waals surface area contributed by atoms with Gasteiger partial charge in [-0.3, -0.25) is 4.79 Å². The molecule has 7 nitrogen and oxygen atoms in total. The number of anilines is 1. The van der Waals surface area contributed by atoms with Crippen LogP contribution in [0.4, 0.5) is 5.69 Å². The number of amides is 1. The Morgan fingerprint density at radius 2 is 2.32 bits per heavy atom. The van der Waals surface area contributed by atoms with Crippen LogP contribution in [0.2, 0.25) is 5.02 Å². The molecule has 0 aliphatic rings. The van der Waals surface area contributed by atoms with Gasteiger partial charge >= 0.3 is 0 Å². The van der Waals surface area contributed by atoms with Crippen molar-refractivity contribution in [2.75, 3.05) is 11.1 Å². The number of halogens is 1. The lowest BCUT2D eigenvalue weighted by Gasteiger charge is -2.08. The monoisotopic (exact) mass is 336 g/mol. The molecule has 114 valence electrons. The van der Waals surface area contributed by atoms with Crippen molar-refractivity contribution in [1.82, 2.24) is 20.2 Å². The number of hydrogen-bond acceptors (Lipinski definition) is 6. The number of tetrazole rings is 1. The van der Waals surface area contributed by atoms with Gasteiger partial charge in [0.1, 0.15) is 6.07 Å². The summed E-state index contributed by atoms with van der Waals surface area (Å²) < 4.78 is 1.64. The highest BCUT2D eigenvalue weighted by molar-refractivity contribution is 7.99. The zero-order chi connectivity index (χ0) is 16.1. The molecule has 1 aromatic heterocycles. The summed E-state index contributed by atoms with van der Waals surface area (Å²) in [7, 11) is 0. The number of aromatic nitrogens is 4. The third kappa shape index (κ3) is 3.96. The molecule has 9 heteroatoms. The number of thioether (sulfide) groups is 1. The van der Waals surface area contributed by atoms with Crippen LogP contribution in [0.15, 0.2) is 23.4 Å². The second-order valence-corrected chi connectivity index (χ2v) is 6.02. The lowest BCUT2D eigenvalue weighted by atomic mass is 10.2. The van der Waals surface area contributed by atoms with Crippen molar-refractivity contribution in [2.45, 2.75) is 25.0 Å². The molecule has 1 amide bonds. The second-order valence-electron chi connectivity index (χ2n) is 4.64. The van der Waals surface area contributed by atoms with E-state index in [4.69, 9.17) is 16.9 Å². The average Bonchev–Trinajstić information content (AvgIpc) is 2.94. The van der Waals surface area contributed by atoms with Crippen molar-refractivity contribution in [3.63, 3.8) is 0 Å². The first kappa shape index (κ1) is 16.3. The first-order valence-corrected chi connectivity index (χ1v) is 7.77. The van der Waals surface area contributed by atoms with E-state index < -0.39 is 0 Å².